The van der Waals surface area contributed by atoms with Crippen LogP contribution in [0.5, 0.6) is 5.75 Å². The van der Waals surface area contributed by atoms with Gasteiger partial charge < -0.3 is 14.5 Å². The molecular formula is C17H24N2O2. The van der Waals surface area contributed by atoms with Gasteiger partial charge in [-0.2, -0.15) is 0 Å². The Labute approximate surface area is 126 Å². The molecule has 0 amide bonds. The number of aryl methyl sites for hydroxylation is 2. The van der Waals surface area contributed by atoms with Gasteiger partial charge in [-0.3, -0.25) is 4.98 Å². The number of nitrogens with zero attached hydrogens (tertiary/aromatic N) is 1. The summed E-state index contributed by atoms with van der Waals surface area (Å²) in [6, 6.07) is 5.95. The number of pyridine rings is 1. The Kier molecular flexibility index (Phi) is 5.81. The number of aromatic nitrogens is 1. The number of hydrogen-bond donors (Lipinski definition) is 1. The molecular weight excluding hydrogens is 264 g/mol. The van der Waals surface area contributed by atoms with E-state index >= 15 is 0 Å². The Morgan fingerprint density at radius 1 is 1.24 bits per heavy atom. The molecule has 2 heterocycles. The highest BCUT2D eigenvalue weighted by atomic mass is 16.5. The van der Waals surface area contributed by atoms with Gasteiger partial charge in [-0.25, -0.2) is 0 Å². The van der Waals surface area contributed by atoms with Crippen molar-refractivity contribution in [1.82, 2.24) is 10.3 Å². The molecule has 21 heavy (non-hydrogen) atoms. The molecule has 0 saturated heterocycles. The van der Waals surface area contributed by atoms with E-state index in [-0.39, 0.29) is 0 Å². The minimum atomic E-state index is 0.438. The predicted octanol–water partition coefficient (Wildman–Crippen LogP) is 3.62. The van der Waals surface area contributed by atoms with Crippen molar-refractivity contribution in [3.63, 3.8) is 0 Å². The van der Waals surface area contributed by atoms with Crippen LogP contribution in [0, 0.1) is 6.92 Å². The highest BCUT2D eigenvalue weighted by Crippen LogP contribution is 2.20. The molecule has 0 unspecified atom stereocenters. The molecule has 4 heteroatoms. The highest BCUT2D eigenvalue weighted by molar-refractivity contribution is 5.29. The molecule has 2 rings (SSSR count). The Bertz CT molecular complexity index is 564. The number of rotatable bonds is 8. The zero-order valence-corrected chi connectivity index (χ0v) is 13.1. The summed E-state index contributed by atoms with van der Waals surface area (Å²) in [6.07, 6.45) is 3.70. The first-order valence-electron chi connectivity index (χ1n) is 7.59. The second-order valence-electron chi connectivity index (χ2n) is 5.09. The second-order valence-corrected chi connectivity index (χ2v) is 5.09. The van der Waals surface area contributed by atoms with Crippen molar-refractivity contribution >= 4 is 0 Å². The van der Waals surface area contributed by atoms with Gasteiger partial charge in [0.1, 0.15) is 18.1 Å². The molecule has 0 spiro atoms. The minimum absolute atomic E-state index is 0.438. The summed E-state index contributed by atoms with van der Waals surface area (Å²) in [4.78, 5) is 4.51. The van der Waals surface area contributed by atoms with Crippen LogP contribution in [0.1, 0.15) is 43.0 Å². The molecule has 0 aromatic carbocycles. The van der Waals surface area contributed by atoms with E-state index in [9.17, 15) is 0 Å². The van der Waals surface area contributed by atoms with Crippen molar-refractivity contribution in [2.24, 2.45) is 0 Å². The van der Waals surface area contributed by atoms with Gasteiger partial charge in [0.2, 0.25) is 0 Å². The van der Waals surface area contributed by atoms with E-state index in [0.29, 0.717) is 6.61 Å². The lowest BCUT2D eigenvalue weighted by Crippen LogP contribution is -2.14. The maximum atomic E-state index is 5.89. The molecule has 0 radical (unpaired) electrons. The first-order valence-corrected chi connectivity index (χ1v) is 7.59. The van der Waals surface area contributed by atoms with Crippen molar-refractivity contribution in [3.8, 4) is 5.75 Å². The molecule has 0 atom stereocenters. The fraction of sp³-hybridized carbons (Fsp3) is 0.471. The van der Waals surface area contributed by atoms with Gasteiger partial charge in [0.25, 0.3) is 0 Å². The SMILES string of the molecule is CCCNCc1ccoc1COc1ccc(C)nc1CC. The monoisotopic (exact) mass is 288 g/mol. The van der Waals surface area contributed by atoms with E-state index < -0.39 is 0 Å². The smallest absolute Gasteiger partial charge is 0.146 e. The number of furan rings is 1. The lowest BCUT2D eigenvalue weighted by atomic mass is 10.2. The molecule has 0 fully saturated rings. The minimum Gasteiger partial charge on any atom is -0.484 e. The van der Waals surface area contributed by atoms with Crippen LogP contribution < -0.4 is 10.1 Å². The number of ether oxygens (including phenoxy) is 1. The Morgan fingerprint density at radius 2 is 2.10 bits per heavy atom. The van der Waals surface area contributed by atoms with Crippen molar-refractivity contribution in [2.75, 3.05) is 6.54 Å². The Hall–Kier alpha value is -1.81. The van der Waals surface area contributed by atoms with Crippen molar-refractivity contribution in [2.45, 2.75) is 46.8 Å². The fourth-order valence-corrected chi connectivity index (χ4v) is 2.18. The predicted molar refractivity (Wildman–Crippen MR) is 83.4 cm³/mol. The van der Waals surface area contributed by atoms with Gasteiger partial charge >= 0.3 is 0 Å². The Balaban J connectivity index is 1.98. The van der Waals surface area contributed by atoms with E-state index in [1.807, 2.05) is 25.1 Å². The first-order chi connectivity index (χ1) is 10.2. The van der Waals surface area contributed by atoms with Crippen LogP contribution in [-0.4, -0.2) is 11.5 Å². The normalized spacial score (nSPS) is 10.8. The van der Waals surface area contributed by atoms with Crippen molar-refractivity contribution in [3.05, 3.63) is 47.2 Å². The van der Waals surface area contributed by atoms with E-state index in [0.717, 1.165) is 54.4 Å². The summed E-state index contributed by atoms with van der Waals surface area (Å²) in [5.41, 5.74) is 3.16. The average molecular weight is 288 g/mol. The van der Waals surface area contributed by atoms with Crippen LogP contribution in [-0.2, 0) is 19.6 Å². The molecule has 4 nitrogen and oxygen atoms in total. The van der Waals surface area contributed by atoms with Crippen molar-refractivity contribution < 1.29 is 9.15 Å². The third kappa shape index (κ3) is 4.33. The maximum Gasteiger partial charge on any atom is 0.146 e. The molecule has 0 aliphatic rings. The largest absolute Gasteiger partial charge is 0.484 e. The zero-order chi connectivity index (χ0) is 15.1. The lowest BCUT2D eigenvalue weighted by Gasteiger charge is -2.10. The van der Waals surface area contributed by atoms with E-state index in [1.165, 1.54) is 0 Å². The maximum absolute atomic E-state index is 5.89. The van der Waals surface area contributed by atoms with E-state index in [4.69, 9.17) is 9.15 Å². The second kappa shape index (κ2) is 7.84. The average Bonchev–Trinajstić information content (AvgIpc) is 2.93. The summed E-state index contributed by atoms with van der Waals surface area (Å²) in [5.74, 6) is 1.72. The molecule has 0 saturated carbocycles. The summed E-state index contributed by atoms with van der Waals surface area (Å²) >= 11 is 0. The van der Waals surface area contributed by atoms with Crippen LogP contribution in [0.3, 0.4) is 0 Å². The standard InChI is InChI=1S/C17H24N2O2/c1-4-9-18-11-14-8-10-20-17(14)12-21-16-7-6-13(3)19-15(16)5-2/h6-8,10,18H,4-5,9,11-12H2,1-3H3. The lowest BCUT2D eigenvalue weighted by molar-refractivity contribution is 0.264. The zero-order valence-electron chi connectivity index (χ0n) is 13.1. The highest BCUT2D eigenvalue weighted by Gasteiger charge is 2.09. The van der Waals surface area contributed by atoms with E-state index in [2.05, 4.69) is 24.1 Å². The molecule has 2 aromatic rings. The molecule has 2 aromatic heterocycles. The van der Waals surface area contributed by atoms with Crippen LogP contribution in [0.4, 0.5) is 0 Å². The third-order valence-electron chi connectivity index (χ3n) is 3.35. The molecule has 0 bridgehead atoms. The van der Waals surface area contributed by atoms with Gasteiger partial charge in [-0.1, -0.05) is 13.8 Å². The molecule has 0 aliphatic carbocycles. The Morgan fingerprint density at radius 3 is 2.86 bits per heavy atom. The molecule has 0 aliphatic heterocycles. The summed E-state index contributed by atoms with van der Waals surface area (Å²) in [6.45, 7) is 8.49. The summed E-state index contributed by atoms with van der Waals surface area (Å²) in [7, 11) is 0. The van der Waals surface area contributed by atoms with Crippen LogP contribution in [0.15, 0.2) is 28.9 Å². The number of nitrogens with one attached hydrogen (secondary N) is 1. The molecule has 1 N–H and O–H groups in total. The fourth-order valence-electron chi connectivity index (χ4n) is 2.18. The topological polar surface area (TPSA) is 47.3 Å². The first kappa shape index (κ1) is 15.6. The van der Waals surface area contributed by atoms with Crippen LogP contribution >= 0.6 is 0 Å². The van der Waals surface area contributed by atoms with E-state index in [1.54, 1.807) is 6.26 Å². The van der Waals surface area contributed by atoms with Gasteiger partial charge in [-0.15, -0.1) is 0 Å². The van der Waals surface area contributed by atoms with Crippen LogP contribution in [0.25, 0.3) is 0 Å². The van der Waals surface area contributed by atoms with Gasteiger partial charge in [0.15, 0.2) is 0 Å². The summed E-state index contributed by atoms with van der Waals surface area (Å²) < 4.78 is 11.4. The van der Waals surface area contributed by atoms with Gasteiger partial charge in [-0.05, 0) is 44.5 Å². The molecule has 114 valence electrons. The number of hydrogen-bond acceptors (Lipinski definition) is 4. The summed E-state index contributed by atoms with van der Waals surface area (Å²) in [5, 5.41) is 3.38. The van der Waals surface area contributed by atoms with Crippen LogP contribution in [0.2, 0.25) is 0 Å². The third-order valence-corrected chi connectivity index (χ3v) is 3.35. The van der Waals surface area contributed by atoms with Gasteiger partial charge in [0, 0.05) is 17.8 Å². The van der Waals surface area contributed by atoms with Gasteiger partial charge in [0.05, 0.1) is 12.0 Å². The quantitative estimate of drug-likeness (QED) is 0.754. The van der Waals surface area contributed by atoms with Crippen molar-refractivity contribution in [1.29, 1.82) is 0 Å².